The molecule has 0 spiro atoms. The van der Waals surface area contributed by atoms with Gasteiger partial charge in [-0.2, -0.15) is 5.26 Å². The Morgan fingerprint density at radius 1 is 1.31 bits per heavy atom. The van der Waals surface area contributed by atoms with Crippen LogP contribution in [0.1, 0.15) is 42.6 Å². The summed E-state index contributed by atoms with van der Waals surface area (Å²) in [6.45, 7) is 6.92. The highest BCUT2D eigenvalue weighted by Crippen LogP contribution is 2.22. The molecule has 0 bridgehead atoms. The zero-order chi connectivity index (χ0) is 18.5. The highest BCUT2D eigenvalue weighted by Gasteiger charge is 2.20. The molecular formula is C20H27N3O3. The monoisotopic (exact) mass is 357 g/mol. The van der Waals surface area contributed by atoms with Crippen molar-refractivity contribution in [3.05, 3.63) is 28.6 Å². The van der Waals surface area contributed by atoms with Crippen LogP contribution in [0, 0.1) is 25.2 Å². The lowest BCUT2D eigenvalue weighted by Crippen LogP contribution is -2.32. The molecular weight excluding hydrogens is 330 g/mol. The first-order valence-corrected chi connectivity index (χ1v) is 9.38. The van der Waals surface area contributed by atoms with Gasteiger partial charge in [-0.15, -0.1) is 0 Å². The van der Waals surface area contributed by atoms with Crippen LogP contribution in [0.5, 0.6) is 0 Å². The molecule has 1 aromatic heterocycles. The van der Waals surface area contributed by atoms with Crippen LogP contribution >= 0.6 is 0 Å². The van der Waals surface area contributed by atoms with Crippen molar-refractivity contribution in [2.45, 2.75) is 58.3 Å². The molecule has 0 unspecified atom stereocenters. The second-order valence-electron chi connectivity index (χ2n) is 7.09. The van der Waals surface area contributed by atoms with Gasteiger partial charge >= 0.3 is 0 Å². The zero-order valence-corrected chi connectivity index (χ0v) is 15.6. The predicted octanol–water partition coefficient (Wildman–Crippen LogP) is 2.49. The van der Waals surface area contributed by atoms with Gasteiger partial charge in [-0.05, 0) is 57.2 Å². The quantitative estimate of drug-likeness (QED) is 0.627. The SMILES string of the molecule is Cc1cc(/C=C(\C#N)C(=O)NC[C@H]2CCCO2)c(C)n1C[C@H]1CCCO1. The van der Waals surface area contributed by atoms with Gasteiger partial charge in [-0.1, -0.05) is 0 Å². The molecule has 3 rings (SSSR count). The third-order valence-electron chi connectivity index (χ3n) is 5.20. The molecule has 3 heterocycles. The molecule has 1 amide bonds. The van der Waals surface area contributed by atoms with Crippen molar-refractivity contribution in [3.8, 4) is 6.07 Å². The van der Waals surface area contributed by atoms with Crippen molar-refractivity contribution < 1.29 is 14.3 Å². The van der Waals surface area contributed by atoms with E-state index >= 15 is 0 Å². The van der Waals surface area contributed by atoms with Gasteiger partial charge in [-0.3, -0.25) is 4.79 Å². The molecule has 2 atom stereocenters. The summed E-state index contributed by atoms with van der Waals surface area (Å²) in [6, 6.07) is 4.05. The van der Waals surface area contributed by atoms with E-state index in [4.69, 9.17) is 9.47 Å². The molecule has 6 nitrogen and oxygen atoms in total. The second kappa shape index (κ2) is 8.52. The van der Waals surface area contributed by atoms with Gasteiger partial charge < -0.3 is 19.4 Å². The summed E-state index contributed by atoms with van der Waals surface area (Å²) in [5.74, 6) is -0.341. The summed E-state index contributed by atoms with van der Waals surface area (Å²) in [5, 5.41) is 12.2. The Balaban J connectivity index is 1.69. The van der Waals surface area contributed by atoms with Crippen LogP contribution in [-0.2, 0) is 20.8 Å². The number of hydrogen-bond donors (Lipinski definition) is 1. The summed E-state index contributed by atoms with van der Waals surface area (Å²) in [4.78, 5) is 12.3. The van der Waals surface area contributed by atoms with Gasteiger partial charge in [0.2, 0.25) is 0 Å². The molecule has 26 heavy (non-hydrogen) atoms. The van der Waals surface area contributed by atoms with Crippen molar-refractivity contribution in [2.24, 2.45) is 0 Å². The first-order chi connectivity index (χ1) is 12.6. The molecule has 1 N–H and O–H groups in total. The lowest BCUT2D eigenvalue weighted by molar-refractivity contribution is -0.117. The molecule has 0 radical (unpaired) electrons. The molecule has 6 heteroatoms. The molecule has 2 saturated heterocycles. The van der Waals surface area contributed by atoms with Crippen molar-refractivity contribution in [2.75, 3.05) is 19.8 Å². The maximum Gasteiger partial charge on any atom is 0.262 e. The third-order valence-corrected chi connectivity index (χ3v) is 5.20. The van der Waals surface area contributed by atoms with E-state index in [1.807, 2.05) is 26.0 Å². The summed E-state index contributed by atoms with van der Waals surface area (Å²) in [6.07, 6.45) is 6.17. The molecule has 2 fully saturated rings. The largest absolute Gasteiger partial charge is 0.376 e. The van der Waals surface area contributed by atoms with Crippen LogP contribution in [0.4, 0.5) is 0 Å². The van der Waals surface area contributed by atoms with E-state index in [-0.39, 0.29) is 23.7 Å². The van der Waals surface area contributed by atoms with Gasteiger partial charge in [-0.25, -0.2) is 0 Å². The van der Waals surface area contributed by atoms with Crippen LogP contribution in [0.2, 0.25) is 0 Å². The summed E-state index contributed by atoms with van der Waals surface area (Å²) < 4.78 is 13.4. The number of nitriles is 1. The Kier molecular flexibility index (Phi) is 6.12. The number of nitrogens with one attached hydrogen (secondary N) is 1. The molecule has 140 valence electrons. The number of carbonyl (C=O) groups excluding carboxylic acids is 1. The minimum absolute atomic E-state index is 0.0652. The van der Waals surface area contributed by atoms with Gasteiger partial charge in [0.25, 0.3) is 5.91 Å². The van der Waals surface area contributed by atoms with E-state index in [0.717, 1.165) is 62.4 Å². The van der Waals surface area contributed by atoms with Gasteiger partial charge in [0.15, 0.2) is 0 Å². The lowest BCUT2D eigenvalue weighted by atomic mass is 10.1. The Labute approximate surface area is 154 Å². The summed E-state index contributed by atoms with van der Waals surface area (Å²) in [7, 11) is 0. The summed E-state index contributed by atoms with van der Waals surface area (Å²) >= 11 is 0. The second-order valence-corrected chi connectivity index (χ2v) is 7.09. The predicted molar refractivity (Wildman–Crippen MR) is 98.5 cm³/mol. The highest BCUT2D eigenvalue weighted by atomic mass is 16.5. The molecule has 1 aromatic rings. The number of hydrogen-bond acceptors (Lipinski definition) is 4. The van der Waals surface area contributed by atoms with Crippen LogP contribution in [-0.4, -0.2) is 42.4 Å². The third kappa shape index (κ3) is 4.35. The fourth-order valence-electron chi connectivity index (χ4n) is 3.66. The van der Waals surface area contributed by atoms with Gasteiger partial charge in [0.05, 0.1) is 12.2 Å². The van der Waals surface area contributed by atoms with Crippen LogP contribution in [0.25, 0.3) is 6.08 Å². The molecule has 0 saturated carbocycles. The number of amides is 1. The average molecular weight is 357 g/mol. The smallest absolute Gasteiger partial charge is 0.262 e. The van der Waals surface area contributed by atoms with Gasteiger partial charge in [0.1, 0.15) is 11.6 Å². The average Bonchev–Trinajstić information content (AvgIpc) is 3.37. The lowest BCUT2D eigenvalue weighted by Gasteiger charge is -2.14. The van der Waals surface area contributed by atoms with E-state index in [0.29, 0.717) is 6.54 Å². The van der Waals surface area contributed by atoms with Crippen LogP contribution in [0.15, 0.2) is 11.6 Å². The maximum atomic E-state index is 12.3. The maximum absolute atomic E-state index is 12.3. The molecule has 2 aliphatic rings. The normalized spacial score (nSPS) is 23.2. The van der Waals surface area contributed by atoms with E-state index < -0.39 is 0 Å². The van der Waals surface area contributed by atoms with E-state index in [2.05, 4.69) is 9.88 Å². The number of carbonyl (C=O) groups is 1. The molecule has 2 aliphatic heterocycles. The Morgan fingerprint density at radius 2 is 2.00 bits per heavy atom. The number of rotatable bonds is 6. The van der Waals surface area contributed by atoms with Crippen LogP contribution in [0.3, 0.4) is 0 Å². The topological polar surface area (TPSA) is 76.3 Å². The Bertz CT molecular complexity index is 717. The van der Waals surface area contributed by atoms with Crippen molar-refractivity contribution in [1.82, 2.24) is 9.88 Å². The summed E-state index contributed by atoms with van der Waals surface area (Å²) in [5.41, 5.74) is 3.20. The first kappa shape index (κ1) is 18.7. The molecule has 0 aliphatic carbocycles. The number of aromatic nitrogens is 1. The fourth-order valence-corrected chi connectivity index (χ4v) is 3.66. The first-order valence-electron chi connectivity index (χ1n) is 9.38. The number of aryl methyl sites for hydroxylation is 1. The standard InChI is InChI=1S/C20H27N3O3/c1-14-9-16(15(2)23(14)13-19-6-4-8-26-19)10-17(11-21)20(24)22-12-18-5-3-7-25-18/h9-10,18-19H,3-8,12-13H2,1-2H3,(H,22,24)/b17-10+/t18-,19-/m1/s1. The van der Waals surface area contributed by atoms with E-state index in [1.165, 1.54) is 0 Å². The Hall–Kier alpha value is -2.10. The minimum atomic E-state index is -0.341. The van der Waals surface area contributed by atoms with Gasteiger partial charge in [0, 0.05) is 37.7 Å². The van der Waals surface area contributed by atoms with E-state index in [9.17, 15) is 10.1 Å². The van der Waals surface area contributed by atoms with Crippen molar-refractivity contribution in [3.63, 3.8) is 0 Å². The number of nitrogens with zero attached hydrogens (tertiary/aromatic N) is 2. The highest BCUT2D eigenvalue weighted by molar-refractivity contribution is 6.01. The van der Waals surface area contributed by atoms with Crippen molar-refractivity contribution >= 4 is 12.0 Å². The Morgan fingerprint density at radius 3 is 2.62 bits per heavy atom. The molecule has 0 aromatic carbocycles. The van der Waals surface area contributed by atoms with Crippen LogP contribution < -0.4 is 5.32 Å². The minimum Gasteiger partial charge on any atom is -0.376 e. The fraction of sp³-hybridized carbons (Fsp3) is 0.600. The number of ether oxygens (including phenoxy) is 2. The van der Waals surface area contributed by atoms with Crippen molar-refractivity contribution in [1.29, 1.82) is 5.26 Å². The van der Waals surface area contributed by atoms with E-state index in [1.54, 1.807) is 6.08 Å². The zero-order valence-electron chi connectivity index (χ0n) is 15.6.